The van der Waals surface area contributed by atoms with Crippen molar-refractivity contribution in [3.05, 3.63) is 35.7 Å². The van der Waals surface area contributed by atoms with E-state index in [4.69, 9.17) is 0 Å². The van der Waals surface area contributed by atoms with Crippen molar-refractivity contribution in [3.63, 3.8) is 0 Å². The molecule has 1 aromatic carbocycles. The summed E-state index contributed by atoms with van der Waals surface area (Å²) >= 11 is 0. The molecule has 0 fully saturated rings. The first-order valence-electron chi connectivity index (χ1n) is 5.53. The van der Waals surface area contributed by atoms with Gasteiger partial charge in [-0.15, -0.1) is 0 Å². The Morgan fingerprint density at radius 2 is 2.06 bits per heavy atom. The van der Waals surface area contributed by atoms with E-state index in [0.29, 0.717) is 17.7 Å². The molecule has 3 heteroatoms. The van der Waals surface area contributed by atoms with Crippen molar-refractivity contribution in [2.75, 3.05) is 0 Å². The lowest BCUT2D eigenvalue weighted by atomic mass is 10.0. The Kier molecular flexibility index (Phi) is 4.23. The van der Waals surface area contributed by atoms with E-state index in [0.717, 1.165) is 11.3 Å². The second kappa shape index (κ2) is 5.45. The number of benzene rings is 1. The molecule has 0 bridgehead atoms. The van der Waals surface area contributed by atoms with Gasteiger partial charge < -0.3 is 5.32 Å². The normalized spacial score (nSPS) is 12.4. The molecule has 1 aliphatic rings. The van der Waals surface area contributed by atoms with Crippen LogP contribution in [0.15, 0.2) is 23.7 Å². The third-order valence-corrected chi connectivity index (χ3v) is 2.31. The quantitative estimate of drug-likeness (QED) is 0.767. The van der Waals surface area contributed by atoms with Crippen LogP contribution in [0.2, 0.25) is 0 Å². The molecular weight excluding hydrogens is 203 g/mol. The molecule has 0 unspecified atom stereocenters. The van der Waals surface area contributed by atoms with Gasteiger partial charge in [0.25, 0.3) is 0 Å². The summed E-state index contributed by atoms with van der Waals surface area (Å²) in [7, 11) is 0. The van der Waals surface area contributed by atoms with Crippen LogP contribution >= 0.6 is 0 Å². The molecule has 1 N–H and O–H groups in total. The summed E-state index contributed by atoms with van der Waals surface area (Å²) in [5.41, 5.74) is 2.99. The first kappa shape index (κ1) is 12.4. The van der Waals surface area contributed by atoms with Gasteiger partial charge >= 0.3 is 0 Å². The molecule has 1 heterocycles. The third-order valence-electron chi connectivity index (χ3n) is 2.31. The van der Waals surface area contributed by atoms with Crippen molar-refractivity contribution in [2.24, 2.45) is 4.99 Å². The smallest absolute Gasteiger partial charge is 0.128 e. The van der Waals surface area contributed by atoms with Gasteiger partial charge in [-0.25, -0.2) is 9.38 Å². The van der Waals surface area contributed by atoms with Crippen LogP contribution in [-0.4, -0.2) is 6.34 Å². The minimum atomic E-state index is -0.196. The molecule has 86 valence electrons. The molecule has 0 amide bonds. The first-order chi connectivity index (χ1) is 7.72. The number of fused-ring (bicyclic) bond motifs is 1. The Balaban J connectivity index is 0.000000606. The van der Waals surface area contributed by atoms with Crippen molar-refractivity contribution in [2.45, 2.75) is 27.2 Å². The monoisotopic (exact) mass is 220 g/mol. The van der Waals surface area contributed by atoms with Crippen molar-refractivity contribution in [1.29, 1.82) is 0 Å². The summed E-state index contributed by atoms with van der Waals surface area (Å²) in [4.78, 5) is 4.04. The van der Waals surface area contributed by atoms with E-state index in [1.807, 2.05) is 20.8 Å². The minimum Gasteiger partial charge on any atom is -0.346 e. The van der Waals surface area contributed by atoms with E-state index >= 15 is 0 Å². The number of nitrogens with zero attached hydrogens (tertiary/aromatic N) is 1. The van der Waals surface area contributed by atoms with Crippen molar-refractivity contribution >= 4 is 17.7 Å². The predicted octanol–water partition coefficient (Wildman–Crippen LogP) is 3.65. The maximum atomic E-state index is 13.4. The fourth-order valence-electron chi connectivity index (χ4n) is 1.48. The zero-order valence-electron chi connectivity index (χ0n) is 9.97. The Labute approximate surface area is 95.9 Å². The van der Waals surface area contributed by atoms with Crippen LogP contribution in [0, 0.1) is 5.82 Å². The summed E-state index contributed by atoms with van der Waals surface area (Å²) in [6, 6.07) is 3.26. The molecule has 0 atom stereocenters. The minimum absolute atomic E-state index is 0.196. The lowest BCUT2D eigenvalue weighted by Gasteiger charge is -2.15. The van der Waals surface area contributed by atoms with Crippen LogP contribution in [0.25, 0.3) is 5.70 Å². The van der Waals surface area contributed by atoms with Crippen LogP contribution in [0.5, 0.6) is 0 Å². The molecule has 16 heavy (non-hydrogen) atoms. The molecule has 2 nitrogen and oxygen atoms in total. The van der Waals surface area contributed by atoms with E-state index < -0.39 is 0 Å². The highest BCUT2D eigenvalue weighted by Gasteiger charge is 2.12. The average molecular weight is 220 g/mol. The Morgan fingerprint density at radius 1 is 1.38 bits per heavy atom. The lowest BCUT2D eigenvalue weighted by molar-refractivity contribution is 0.612. The van der Waals surface area contributed by atoms with Crippen LogP contribution < -0.4 is 5.32 Å². The number of halogens is 1. The maximum Gasteiger partial charge on any atom is 0.128 e. The number of hydrogen-bond acceptors (Lipinski definition) is 2. The topological polar surface area (TPSA) is 24.4 Å². The molecule has 0 aliphatic carbocycles. The van der Waals surface area contributed by atoms with E-state index in [2.05, 4.69) is 16.9 Å². The first-order valence-corrected chi connectivity index (χ1v) is 5.53. The summed E-state index contributed by atoms with van der Waals surface area (Å²) in [6.07, 6.45) is 2.20. The molecule has 0 spiro atoms. The van der Waals surface area contributed by atoms with Crippen LogP contribution in [-0.2, 0) is 6.42 Å². The van der Waals surface area contributed by atoms with Crippen LogP contribution in [0.4, 0.5) is 10.1 Å². The number of nitrogens with one attached hydrogen (secondary N) is 1. The summed E-state index contributed by atoms with van der Waals surface area (Å²) in [5, 5.41) is 2.90. The Bertz CT molecular complexity index is 422. The van der Waals surface area contributed by atoms with Crippen LogP contribution in [0.1, 0.15) is 31.9 Å². The van der Waals surface area contributed by atoms with Crippen molar-refractivity contribution in [3.8, 4) is 0 Å². The van der Waals surface area contributed by atoms with Gasteiger partial charge in [0.15, 0.2) is 0 Å². The maximum absolute atomic E-state index is 13.4. The zero-order chi connectivity index (χ0) is 12.1. The fraction of sp³-hybridized carbons (Fsp3) is 0.308. The summed E-state index contributed by atoms with van der Waals surface area (Å²) in [6.45, 7) is 9.76. The number of rotatable bonds is 1. The van der Waals surface area contributed by atoms with Crippen molar-refractivity contribution < 1.29 is 4.39 Å². The number of aryl methyl sites for hydroxylation is 1. The Morgan fingerprint density at radius 3 is 2.69 bits per heavy atom. The fourth-order valence-corrected chi connectivity index (χ4v) is 1.48. The average Bonchev–Trinajstić information content (AvgIpc) is 2.31. The van der Waals surface area contributed by atoms with Gasteiger partial charge in [-0.2, -0.15) is 0 Å². The Hall–Kier alpha value is -1.64. The van der Waals surface area contributed by atoms with E-state index in [1.54, 1.807) is 6.07 Å². The summed E-state index contributed by atoms with van der Waals surface area (Å²) < 4.78 is 13.4. The molecule has 0 saturated carbocycles. The van der Waals surface area contributed by atoms with E-state index in [9.17, 15) is 4.39 Å². The van der Waals surface area contributed by atoms with Crippen LogP contribution in [0.3, 0.4) is 0 Å². The second-order valence-corrected chi connectivity index (χ2v) is 3.20. The largest absolute Gasteiger partial charge is 0.346 e. The molecule has 0 aromatic heterocycles. The van der Waals surface area contributed by atoms with Gasteiger partial charge in [-0.3, -0.25) is 0 Å². The SMILES string of the molecule is C=C1NC=Nc2cc(F)c(CC)cc21.CC. The predicted molar refractivity (Wildman–Crippen MR) is 67.4 cm³/mol. The van der Waals surface area contributed by atoms with E-state index in [1.165, 1.54) is 12.4 Å². The molecule has 2 rings (SSSR count). The van der Waals surface area contributed by atoms with Gasteiger partial charge in [-0.05, 0) is 18.1 Å². The van der Waals surface area contributed by atoms with Crippen molar-refractivity contribution in [1.82, 2.24) is 5.32 Å². The standard InChI is InChI=1S/C11H11FN2.C2H6/c1-3-8-4-9-7(2)13-6-14-11(9)5-10(8)12;1-2/h4-6H,2-3H2,1H3,(H,13,14);1-2H3. The highest BCUT2D eigenvalue weighted by molar-refractivity contribution is 5.86. The zero-order valence-corrected chi connectivity index (χ0v) is 9.97. The molecule has 0 saturated heterocycles. The summed E-state index contributed by atoms with van der Waals surface area (Å²) in [5.74, 6) is -0.196. The van der Waals surface area contributed by atoms with Gasteiger partial charge in [-0.1, -0.05) is 27.4 Å². The van der Waals surface area contributed by atoms with E-state index in [-0.39, 0.29) is 5.82 Å². The van der Waals surface area contributed by atoms with Gasteiger partial charge in [0.1, 0.15) is 5.82 Å². The number of aliphatic imine (C=N–C) groups is 1. The van der Waals surface area contributed by atoms with Gasteiger partial charge in [0.05, 0.1) is 12.0 Å². The molecular formula is C13H17FN2. The second-order valence-electron chi connectivity index (χ2n) is 3.20. The molecule has 0 radical (unpaired) electrons. The highest BCUT2D eigenvalue weighted by atomic mass is 19.1. The molecule has 1 aliphatic heterocycles. The lowest BCUT2D eigenvalue weighted by Crippen LogP contribution is -2.12. The third kappa shape index (κ3) is 2.30. The van der Waals surface area contributed by atoms with Gasteiger partial charge in [0, 0.05) is 17.3 Å². The van der Waals surface area contributed by atoms with Gasteiger partial charge in [0.2, 0.25) is 0 Å². The molecule has 1 aromatic rings. The highest BCUT2D eigenvalue weighted by Crippen LogP contribution is 2.29. The number of hydrogen-bond donors (Lipinski definition) is 1.